The molecule has 8 heteroatoms. The molecule has 0 aromatic rings. The second-order valence-electron chi connectivity index (χ2n) is 8.67. The van der Waals surface area contributed by atoms with Gasteiger partial charge in [0.15, 0.2) is 0 Å². The fourth-order valence-electron chi connectivity index (χ4n) is 5.05. The minimum atomic E-state index is 0. The van der Waals surface area contributed by atoms with Crippen LogP contribution in [0.2, 0.25) is 0 Å². The molecule has 3 fully saturated rings. The topological polar surface area (TPSA) is 78.7 Å². The highest BCUT2D eigenvalue weighted by Gasteiger charge is 2.35. The van der Waals surface area contributed by atoms with Crippen LogP contribution in [0.5, 0.6) is 0 Å². The van der Waals surface area contributed by atoms with Crippen molar-refractivity contribution in [3.05, 3.63) is 0 Å². The number of piperazine rings is 1. The van der Waals surface area contributed by atoms with Crippen molar-refractivity contribution < 1.29 is 9.59 Å². The van der Waals surface area contributed by atoms with E-state index in [2.05, 4.69) is 17.1 Å². The predicted octanol–water partition coefficient (Wildman–Crippen LogP) is 2.04. The van der Waals surface area contributed by atoms with E-state index >= 15 is 0 Å². The maximum Gasteiger partial charge on any atom is 0.234 e. The molecular weight excluding hydrogens is 399 g/mol. The number of hydrogen-bond donors (Lipinski definition) is 2. The molecule has 2 saturated carbocycles. The molecule has 28 heavy (non-hydrogen) atoms. The van der Waals surface area contributed by atoms with Crippen molar-refractivity contribution >= 4 is 36.6 Å². The minimum absolute atomic E-state index is 0. The Balaban J connectivity index is 0.00000196. The monoisotopic (exact) mass is 436 g/mol. The Morgan fingerprint density at radius 3 is 2.32 bits per heavy atom. The summed E-state index contributed by atoms with van der Waals surface area (Å²) in [5, 5.41) is 3.21. The summed E-state index contributed by atoms with van der Waals surface area (Å²) in [4.78, 5) is 29.3. The summed E-state index contributed by atoms with van der Waals surface area (Å²) in [6, 6.07) is 0.352. The first-order valence-corrected chi connectivity index (χ1v) is 10.6. The first-order valence-electron chi connectivity index (χ1n) is 10.6. The number of carbonyl (C=O) groups is 2. The number of nitrogens with two attached hydrogens (primary N) is 1. The number of hydrogen-bond acceptors (Lipinski definition) is 4. The molecule has 0 bridgehead atoms. The molecule has 0 aromatic carbocycles. The summed E-state index contributed by atoms with van der Waals surface area (Å²) in [5.74, 6) is 1.64. The van der Waals surface area contributed by atoms with E-state index in [-0.39, 0.29) is 36.6 Å². The molecule has 1 saturated heterocycles. The van der Waals surface area contributed by atoms with E-state index in [4.69, 9.17) is 5.73 Å². The van der Waals surface area contributed by atoms with Crippen LogP contribution in [0, 0.1) is 17.8 Å². The maximum atomic E-state index is 12.8. The van der Waals surface area contributed by atoms with Crippen molar-refractivity contribution in [2.45, 2.75) is 57.9 Å². The zero-order valence-electron chi connectivity index (χ0n) is 17.1. The predicted molar refractivity (Wildman–Crippen MR) is 117 cm³/mol. The van der Waals surface area contributed by atoms with Gasteiger partial charge >= 0.3 is 0 Å². The molecule has 3 rings (SSSR count). The normalized spacial score (nSPS) is 30.9. The van der Waals surface area contributed by atoms with Gasteiger partial charge in [-0.2, -0.15) is 0 Å². The second-order valence-corrected chi connectivity index (χ2v) is 8.67. The van der Waals surface area contributed by atoms with Crippen LogP contribution in [0.3, 0.4) is 0 Å². The molecule has 4 atom stereocenters. The highest BCUT2D eigenvalue weighted by Crippen LogP contribution is 2.32. The van der Waals surface area contributed by atoms with Gasteiger partial charge in [-0.15, -0.1) is 24.8 Å². The lowest BCUT2D eigenvalue weighted by atomic mass is 9.87. The molecule has 3 aliphatic rings. The zero-order chi connectivity index (χ0) is 18.5. The summed E-state index contributed by atoms with van der Waals surface area (Å²) in [5.41, 5.74) is 5.83. The first-order chi connectivity index (χ1) is 12.6. The van der Waals surface area contributed by atoms with E-state index in [1.165, 1.54) is 12.8 Å². The fourth-order valence-corrected chi connectivity index (χ4v) is 5.05. The van der Waals surface area contributed by atoms with E-state index < -0.39 is 0 Å². The largest absolute Gasteiger partial charge is 0.352 e. The lowest BCUT2D eigenvalue weighted by molar-refractivity contribution is -0.138. The van der Waals surface area contributed by atoms with Gasteiger partial charge < -0.3 is 16.0 Å². The summed E-state index contributed by atoms with van der Waals surface area (Å²) in [7, 11) is 0. The average molecular weight is 437 g/mol. The van der Waals surface area contributed by atoms with Gasteiger partial charge in [0.05, 0.1) is 6.54 Å². The van der Waals surface area contributed by atoms with Crippen LogP contribution >= 0.6 is 24.8 Å². The third kappa shape index (κ3) is 6.75. The molecule has 2 amide bonds. The second kappa shape index (κ2) is 12.2. The van der Waals surface area contributed by atoms with Crippen LogP contribution < -0.4 is 11.1 Å². The van der Waals surface area contributed by atoms with Crippen molar-refractivity contribution in [3.8, 4) is 0 Å². The Hall–Kier alpha value is -0.560. The van der Waals surface area contributed by atoms with Gasteiger partial charge in [0.25, 0.3) is 0 Å². The Morgan fingerprint density at radius 1 is 1.00 bits per heavy atom. The molecule has 0 aromatic heterocycles. The number of nitrogens with zero attached hydrogens (tertiary/aromatic N) is 2. The number of carbonyl (C=O) groups excluding carboxylic acids is 2. The Bertz CT molecular complexity index is 501. The van der Waals surface area contributed by atoms with E-state index in [9.17, 15) is 9.59 Å². The summed E-state index contributed by atoms with van der Waals surface area (Å²) < 4.78 is 0. The van der Waals surface area contributed by atoms with Crippen LogP contribution in [0.25, 0.3) is 0 Å². The molecule has 1 aliphatic heterocycles. The number of nitrogens with one attached hydrogen (secondary N) is 1. The lowest BCUT2D eigenvalue weighted by Gasteiger charge is -2.36. The molecule has 2 unspecified atom stereocenters. The average Bonchev–Trinajstić information content (AvgIpc) is 3.10. The number of rotatable bonds is 5. The number of halogens is 2. The Morgan fingerprint density at radius 2 is 1.68 bits per heavy atom. The van der Waals surface area contributed by atoms with Crippen LogP contribution in [-0.4, -0.2) is 66.9 Å². The van der Waals surface area contributed by atoms with Crippen LogP contribution in [0.4, 0.5) is 0 Å². The maximum absolute atomic E-state index is 12.8. The minimum Gasteiger partial charge on any atom is -0.352 e. The van der Waals surface area contributed by atoms with Gasteiger partial charge in [-0.1, -0.05) is 26.2 Å². The number of amides is 2. The highest BCUT2D eigenvalue weighted by molar-refractivity contribution is 5.85. The quantitative estimate of drug-likeness (QED) is 0.690. The van der Waals surface area contributed by atoms with Crippen molar-refractivity contribution in [3.63, 3.8) is 0 Å². The van der Waals surface area contributed by atoms with E-state index in [0.717, 1.165) is 64.2 Å². The van der Waals surface area contributed by atoms with Gasteiger partial charge in [-0.05, 0) is 44.1 Å². The SMILES string of the molecule is CC1CCCC(NC(=O)CN2CCN(C(=O)[C@@H]3CCC[C@@H]3CN)CC2)C1.Cl.Cl. The standard InChI is InChI=1S/C20H36N4O2.2ClH/c1-15-4-2-6-17(12-15)22-19(25)14-23-8-10-24(11-9-23)20(26)18-7-3-5-16(18)13-21;;/h15-18H,2-14,21H2,1H3,(H,22,25);2*1H/t15?,16-,17?,18-;;/m1../s1. The molecule has 6 nitrogen and oxygen atoms in total. The van der Waals surface area contributed by atoms with Gasteiger partial charge in [-0.3, -0.25) is 14.5 Å². The van der Waals surface area contributed by atoms with E-state index in [1.54, 1.807) is 0 Å². The Kier molecular flexibility index (Phi) is 11.1. The molecule has 3 N–H and O–H groups in total. The summed E-state index contributed by atoms with van der Waals surface area (Å²) in [6.07, 6.45) is 7.93. The molecule has 0 spiro atoms. The smallest absolute Gasteiger partial charge is 0.234 e. The molecule has 0 radical (unpaired) electrons. The lowest BCUT2D eigenvalue weighted by Crippen LogP contribution is -2.53. The van der Waals surface area contributed by atoms with E-state index in [0.29, 0.717) is 31.0 Å². The third-order valence-electron chi connectivity index (χ3n) is 6.63. The van der Waals surface area contributed by atoms with Crippen molar-refractivity contribution in [1.82, 2.24) is 15.1 Å². The highest BCUT2D eigenvalue weighted by atomic mass is 35.5. The van der Waals surface area contributed by atoms with Crippen molar-refractivity contribution in [2.24, 2.45) is 23.5 Å². The van der Waals surface area contributed by atoms with Gasteiger partial charge in [0, 0.05) is 38.1 Å². The van der Waals surface area contributed by atoms with Crippen molar-refractivity contribution in [1.29, 1.82) is 0 Å². The molecule has 164 valence electrons. The van der Waals surface area contributed by atoms with Crippen LogP contribution in [-0.2, 0) is 9.59 Å². The molecule has 1 heterocycles. The zero-order valence-corrected chi connectivity index (χ0v) is 18.7. The van der Waals surface area contributed by atoms with Crippen LogP contribution in [0.15, 0.2) is 0 Å². The Labute approximate surface area is 182 Å². The third-order valence-corrected chi connectivity index (χ3v) is 6.63. The van der Waals surface area contributed by atoms with Crippen LogP contribution in [0.1, 0.15) is 51.9 Å². The summed E-state index contributed by atoms with van der Waals surface area (Å²) in [6.45, 7) is 6.41. The van der Waals surface area contributed by atoms with E-state index in [1.807, 2.05) is 4.90 Å². The molecule has 2 aliphatic carbocycles. The van der Waals surface area contributed by atoms with Gasteiger partial charge in [0.2, 0.25) is 11.8 Å². The fraction of sp³-hybridized carbons (Fsp3) is 0.900. The van der Waals surface area contributed by atoms with Crippen molar-refractivity contribution in [2.75, 3.05) is 39.3 Å². The van der Waals surface area contributed by atoms with Gasteiger partial charge in [-0.25, -0.2) is 0 Å². The molecular formula is C20H38Cl2N4O2. The summed E-state index contributed by atoms with van der Waals surface area (Å²) >= 11 is 0. The van der Waals surface area contributed by atoms with Gasteiger partial charge in [0.1, 0.15) is 0 Å². The first kappa shape index (κ1) is 25.5.